The van der Waals surface area contributed by atoms with Gasteiger partial charge in [0, 0.05) is 42.3 Å². The second kappa shape index (κ2) is 8.47. The van der Waals surface area contributed by atoms with E-state index in [1.807, 2.05) is 24.4 Å². The van der Waals surface area contributed by atoms with Gasteiger partial charge >= 0.3 is 0 Å². The molecule has 1 atom stereocenters. The highest BCUT2D eigenvalue weighted by Crippen LogP contribution is 2.20. The van der Waals surface area contributed by atoms with Crippen molar-refractivity contribution in [2.45, 2.75) is 19.3 Å². The van der Waals surface area contributed by atoms with Crippen molar-refractivity contribution in [1.29, 1.82) is 0 Å². The Balaban J connectivity index is 1.31. The van der Waals surface area contributed by atoms with Gasteiger partial charge in [-0.25, -0.2) is 4.39 Å². The molecule has 0 saturated carbocycles. The van der Waals surface area contributed by atoms with Gasteiger partial charge in [0.15, 0.2) is 0 Å². The first-order chi connectivity index (χ1) is 14.1. The van der Waals surface area contributed by atoms with Gasteiger partial charge in [0.05, 0.1) is 5.92 Å². The summed E-state index contributed by atoms with van der Waals surface area (Å²) < 4.78 is 13.1. The first-order valence-electron chi connectivity index (χ1n) is 9.99. The number of likely N-dealkylation sites (tertiary alicyclic amines) is 1. The van der Waals surface area contributed by atoms with Gasteiger partial charge in [-0.2, -0.15) is 0 Å². The molecular formula is C23H24FN3O2. The molecule has 1 unspecified atom stereocenters. The van der Waals surface area contributed by atoms with Crippen LogP contribution in [0.5, 0.6) is 0 Å². The number of halogens is 1. The van der Waals surface area contributed by atoms with Gasteiger partial charge in [0.2, 0.25) is 5.91 Å². The summed E-state index contributed by atoms with van der Waals surface area (Å²) in [5, 5.41) is 4.20. The van der Waals surface area contributed by atoms with E-state index in [0.29, 0.717) is 25.2 Å². The van der Waals surface area contributed by atoms with E-state index >= 15 is 0 Å². The molecule has 0 spiro atoms. The maximum Gasteiger partial charge on any atom is 0.253 e. The van der Waals surface area contributed by atoms with Crippen LogP contribution >= 0.6 is 0 Å². The minimum atomic E-state index is -0.368. The average molecular weight is 393 g/mol. The number of rotatable bonds is 5. The molecule has 150 valence electrons. The second-order valence-electron chi connectivity index (χ2n) is 7.50. The highest BCUT2D eigenvalue weighted by atomic mass is 19.1. The number of aromatic amines is 1. The number of hydrogen-bond acceptors (Lipinski definition) is 2. The summed E-state index contributed by atoms with van der Waals surface area (Å²) in [4.78, 5) is 30.2. The van der Waals surface area contributed by atoms with Crippen molar-refractivity contribution >= 4 is 22.7 Å². The zero-order valence-corrected chi connectivity index (χ0v) is 16.2. The lowest BCUT2D eigenvalue weighted by atomic mass is 9.96. The minimum Gasteiger partial charge on any atom is -0.361 e. The number of aromatic nitrogens is 1. The largest absolute Gasteiger partial charge is 0.361 e. The summed E-state index contributed by atoms with van der Waals surface area (Å²) in [6.45, 7) is 1.58. The maximum atomic E-state index is 13.1. The number of nitrogens with zero attached hydrogens (tertiary/aromatic N) is 1. The molecule has 1 aliphatic heterocycles. The van der Waals surface area contributed by atoms with Gasteiger partial charge in [0.25, 0.3) is 5.91 Å². The van der Waals surface area contributed by atoms with E-state index in [0.717, 1.165) is 24.8 Å². The number of nitrogens with one attached hydrogen (secondary N) is 2. The quantitative estimate of drug-likeness (QED) is 0.697. The molecule has 3 aromatic rings. The molecule has 29 heavy (non-hydrogen) atoms. The van der Waals surface area contributed by atoms with Crippen LogP contribution in [-0.4, -0.2) is 41.3 Å². The van der Waals surface area contributed by atoms with Crippen molar-refractivity contribution in [3.63, 3.8) is 0 Å². The molecule has 1 aromatic heterocycles. The molecule has 2 N–H and O–H groups in total. The van der Waals surface area contributed by atoms with Crippen LogP contribution in [0.3, 0.4) is 0 Å². The van der Waals surface area contributed by atoms with E-state index in [1.165, 1.54) is 35.2 Å². The Kier molecular flexibility index (Phi) is 5.60. The number of H-pyrrole nitrogens is 1. The van der Waals surface area contributed by atoms with Crippen LogP contribution in [0.25, 0.3) is 10.9 Å². The van der Waals surface area contributed by atoms with Crippen LogP contribution in [-0.2, 0) is 11.2 Å². The third-order valence-electron chi connectivity index (χ3n) is 5.54. The number of carbonyl (C=O) groups is 2. The van der Waals surface area contributed by atoms with E-state index in [-0.39, 0.29) is 23.5 Å². The zero-order valence-electron chi connectivity index (χ0n) is 16.2. The van der Waals surface area contributed by atoms with Crippen LogP contribution in [0.1, 0.15) is 28.8 Å². The summed E-state index contributed by atoms with van der Waals surface area (Å²) in [6.07, 6.45) is 4.29. The second-order valence-corrected chi connectivity index (χ2v) is 7.50. The van der Waals surface area contributed by atoms with Gasteiger partial charge < -0.3 is 15.2 Å². The molecular weight excluding hydrogens is 369 g/mol. The summed E-state index contributed by atoms with van der Waals surface area (Å²) >= 11 is 0. The van der Waals surface area contributed by atoms with E-state index < -0.39 is 0 Å². The highest BCUT2D eigenvalue weighted by Gasteiger charge is 2.28. The number of piperidine rings is 1. The van der Waals surface area contributed by atoms with Gasteiger partial charge in [-0.05, 0) is 55.2 Å². The summed E-state index contributed by atoms with van der Waals surface area (Å²) in [5.74, 6) is -0.744. The van der Waals surface area contributed by atoms with E-state index in [1.54, 1.807) is 4.90 Å². The SMILES string of the molecule is O=C(NCCc1c[nH]c2ccccc12)C1CCCN(C(=O)c2ccc(F)cc2)C1. The number of hydrogen-bond donors (Lipinski definition) is 2. The summed E-state index contributed by atoms with van der Waals surface area (Å²) in [5.41, 5.74) is 2.72. The van der Waals surface area contributed by atoms with Crippen molar-refractivity contribution in [1.82, 2.24) is 15.2 Å². The molecule has 2 aromatic carbocycles. The molecule has 0 aliphatic carbocycles. The fraction of sp³-hybridized carbons (Fsp3) is 0.304. The van der Waals surface area contributed by atoms with Gasteiger partial charge in [0.1, 0.15) is 5.82 Å². The molecule has 5 nitrogen and oxygen atoms in total. The lowest BCUT2D eigenvalue weighted by Gasteiger charge is -2.32. The predicted molar refractivity (Wildman–Crippen MR) is 110 cm³/mol. The minimum absolute atomic E-state index is 0.0125. The van der Waals surface area contributed by atoms with E-state index in [4.69, 9.17) is 0 Å². The Labute approximate surface area is 168 Å². The molecule has 1 fully saturated rings. The van der Waals surface area contributed by atoms with E-state index in [2.05, 4.69) is 16.4 Å². The molecule has 1 saturated heterocycles. The van der Waals surface area contributed by atoms with Crippen molar-refractivity contribution < 1.29 is 14.0 Å². The zero-order chi connectivity index (χ0) is 20.2. The van der Waals surface area contributed by atoms with Gasteiger partial charge in [-0.3, -0.25) is 9.59 Å². The number of benzene rings is 2. The monoisotopic (exact) mass is 393 g/mol. The van der Waals surface area contributed by atoms with Crippen molar-refractivity contribution in [3.05, 3.63) is 71.7 Å². The van der Waals surface area contributed by atoms with Crippen LogP contribution in [0.2, 0.25) is 0 Å². The smallest absolute Gasteiger partial charge is 0.253 e. The third-order valence-corrected chi connectivity index (χ3v) is 5.54. The maximum absolute atomic E-state index is 13.1. The summed E-state index contributed by atoms with van der Waals surface area (Å²) in [7, 11) is 0. The molecule has 4 rings (SSSR count). The van der Waals surface area contributed by atoms with Crippen LogP contribution < -0.4 is 5.32 Å². The van der Waals surface area contributed by atoms with Crippen molar-refractivity contribution in [2.24, 2.45) is 5.92 Å². The van der Waals surface area contributed by atoms with Gasteiger partial charge in [-0.15, -0.1) is 0 Å². The highest BCUT2D eigenvalue weighted by molar-refractivity contribution is 5.94. The predicted octanol–water partition coefficient (Wildman–Crippen LogP) is 3.52. The molecule has 0 radical (unpaired) electrons. The lowest BCUT2D eigenvalue weighted by molar-refractivity contribution is -0.126. The molecule has 2 heterocycles. The topological polar surface area (TPSA) is 65.2 Å². The third kappa shape index (κ3) is 4.31. The Morgan fingerprint density at radius 2 is 1.93 bits per heavy atom. The first-order valence-corrected chi connectivity index (χ1v) is 9.99. The fourth-order valence-corrected chi connectivity index (χ4v) is 3.95. The van der Waals surface area contributed by atoms with Crippen LogP contribution in [0.4, 0.5) is 4.39 Å². The average Bonchev–Trinajstić information content (AvgIpc) is 3.17. The number of amides is 2. The lowest BCUT2D eigenvalue weighted by Crippen LogP contribution is -2.45. The van der Waals surface area contributed by atoms with E-state index in [9.17, 15) is 14.0 Å². The number of para-hydroxylation sites is 1. The fourth-order valence-electron chi connectivity index (χ4n) is 3.95. The standard InChI is InChI=1S/C23H24FN3O2/c24-19-9-7-16(8-10-19)23(29)27-13-3-4-18(15-27)22(28)25-12-11-17-14-26-21-6-2-1-5-20(17)21/h1-2,5-10,14,18,26H,3-4,11-13,15H2,(H,25,28). The van der Waals surface area contributed by atoms with Crippen LogP contribution in [0.15, 0.2) is 54.7 Å². The molecule has 0 bridgehead atoms. The first kappa shape index (κ1) is 19.2. The molecule has 2 amide bonds. The number of fused-ring (bicyclic) bond motifs is 1. The normalized spacial score (nSPS) is 16.7. The van der Waals surface area contributed by atoms with Crippen LogP contribution in [0, 0.1) is 11.7 Å². The Morgan fingerprint density at radius 1 is 1.14 bits per heavy atom. The Morgan fingerprint density at radius 3 is 2.76 bits per heavy atom. The summed E-state index contributed by atoms with van der Waals surface area (Å²) in [6, 6.07) is 13.7. The molecule has 6 heteroatoms. The molecule has 1 aliphatic rings. The Bertz CT molecular complexity index is 1010. The number of carbonyl (C=O) groups excluding carboxylic acids is 2. The van der Waals surface area contributed by atoms with Crippen molar-refractivity contribution in [2.75, 3.05) is 19.6 Å². The van der Waals surface area contributed by atoms with Crippen molar-refractivity contribution in [3.8, 4) is 0 Å². The van der Waals surface area contributed by atoms with Gasteiger partial charge in [-0.1, -0.05) is 18.2 Å². The Hall–Kier alpha value is -3.15.